The molecule has 0 aliphatic carbocycles. The average Bonchev–Trinajstić information content (AvgIpc) is 2.07. The molecule has 0 saturated carbocycles. The minimum Gasteiger partial charge on any atom is -0.368 e. The molecule has 1 aromatic rings. The van der Waals surface area contributed by atoms with Gasteiger partial charge in [-0.2, -0.15) is 0 Å². The summed E-state index contributed by atoms with van der Waals surface area (Å²) in [5.74, 6) is 0. The predicted octanol–water partition coefficient (Wildman–Crippen LogP) is 1.83. The summed E-state index contributed by atoms with van der Waals surface area (Å²) in [6.45, 7) is 0. The molecule has 1 aromatic carbocycles. The van der Waals surface area contributed by atoms with Crippen molar-refractivity contribution in [3.63, 3.8) is 0 Å². The summed E-state index contributed by atoms with van der Waals surface area (Å²) in [6, 6.07) is 9.28. The lowest BCUT2D eigenvalue weighted by Gasteiger charge is -2.10. The van der Waals surface area contributed by atoms with Gasteiger partial charge in [0.15, 0.2) is 6.10 Å². The van der Waals surface area contributed by atoms with Crippen LogP contribution in [0.15, 0.2) is 30.3 Å². The minimum atomic E-state index is -0.547. The number of ether oxygens (including phenoxy) is 1. The smallest absolute Gasteiger partial charge is 0.219 e. The number of hydrogen-bond acceptors (Lipinski definition) is 2. The van der Waals surface area contributed by atoms with Crippen LogP contribution in [0.3, 0.4) is 0 Å². The topological polar surface area (TPSA) is 26.3 Å². The third kappa shape index (κ3) is 2.09. The highest BCUT2D eigenvalue weighted by Crippen LogP contribution is 2.18. The van der Waals surface area contributed by atoms with E-state index in [0.717, 1.165) is 5.56 Å². The molecule has 3 heteroatoms. The third-order valence-electron chi connectivity index (χ3n) is 1.56. The molecule has 0 saturated heterocycles. The van der Waals surface area contributed by atoms with Gasteiger partial charge in [-0.3, -0.25) is 4.79 Å². The first kappa shape index (κ1) is 9.29. The van der Waals surface area contributed by atoms with Crippen LogP contribution in [0, 0.1) is 0 Å². The van der Waals surface area contributed by atoms with Crippen molar-refractivity contribution < 1.29 is 9.53 Å². The largest absolute Gasteiger partial charge is 0.368 e. The lowest BCUT2D eigenvalue weighted by molar-refractivity contribution is -0.120. The zero-order valence-corrected chi connectivity index (χ0v) is 7.62. The minimum absolute atomic E-state index is 0.274. The Hall–Kier alpha value is -0.800. The maximum atomic E-state index is 10.9. The zero-order chi connectivity index (χ0) is 8.97. The summed E-state index contributed by atoms with van der Waals surface area (Å²) in [5.41, 5.74) is 0.833. The van der Waals surface area contributed by atoms with Gasteiger partial charge >= 0.3 is 0 Å². The summed E-state index contributed by atoms with van der Waals surface area (Å²) in [4.78, 5) is 10.9. The summed E-state index contributed by atoms with van der Waals surface area (Å²) >= 11 is 3.72. The summed E-state index contributed by atoms with van der Waals surface area (Å²) < 4.78 is 4.97. The average molecular weight is 182 g/mol. The van der Waals surface area contributed by atoms with Crippen molar-refractivity contribution in [3.05, 3.63) is 35.9 Å². The first-order valence-corrected chi connectivity index (χ1v) is 4.01. The van der Waals surface area contributed by atoms with Crippen molar-refractivity contribution >= 4 is 17.7 Å². The molecule has 2 nitrogen and oxygen atoms in total. The van der Waals surface area contributed by atoms with Crippen molar-refractivity contribution in [1.29, 1.82) is 0 Å². The van der Waals surface area contributed by atoms with E-state index in [4.69, 9.17) is 4.74 Å². The fourth-order valence-corrected chi connectivity index (χ4v) is 1.26. The van der Waals surface area contributed by atoms with Gasteiger partial charge in [0.2, 0.25) is 5.12 Å². The molecular formula is C9H10O2S. The maximum absolute atomic E-state index is 10.9. The predicted molar refractivity (Wildman–Crippen MR) is 50.2 cm³/mol. The van der Waals surface area contributed by atoms with Gasteiger partial charge in [-0.05, 0) is 5.56 Å². The molecule has 0 heterocycles. The Morgan fingerprint density at radius 2 is 2.00 bits per heavy atom. The highest BCUT2D eigenvalue weighted by molar-refractivity contribution is 7.96. The molecule has 0 bridgehead atoms. The van der Waals surface area contributed by atoms with Crippen molar-refractivity contribution in [2.45, 2.75) is 6.10 Å². The molecular weight excluding hydrogens is 172 g/mol. The van der Waals surface area contributed by atoms with Gasteiger partial charge in [-0.1, -0.05) is 30.3 Å². The Bertz CT molecular complexity index is 258. The number of carbonyl (C=O) groups is 1. The van der Waals surface area contributed by atoms with Crippen LogP contribution in [0.25, 0.3) is 0 Å². The standard InChI is InChI=1S/C9H10O2S/c1-11-8(9(10)12)7-5-3-2-4-6-7/h2-6,8H,1H3,(H,10,12). The van der Waals surface area contributed by atoms with Crippen LogP contribution in [-0.2, 0) is 9.53 Å². The molecule has 0 aliphatic heterocycles. The Balaban J connectivity index is 2.88. The number of hydrogen-bond donors (Lipinski definition) is 1. The van der Waals surface area contributed by atoms with Gasteiger partial charge < -0.3 is 4.74 Å². The molecule has 0 radical (unpaired) electrons. The van der Waals surface area contributed by atoms with Gasteiger partial charge in [-0.25, -0.2) is 0 Å². The molecule has 1 atom stereocenters. The van der Waals surface area contributed by atoms with E-state index in [1.807, 2.05) is 30.3 Å². The number of methoxy groups -OCH3 is 1. The number of thiol groups is 1. The van der Waals surface area contributed by atoms with Crippen LogP contribution in [0.4, 0.5) is 0 Å². The van der Waals surface area contributed by atoms with Gasteiger partial charge in [0.25, 0.3) is 0 Å². The van der Waals surface area contributed by atoms with E-state index in [-0.39, 0.29) is 5.12 Å². The fourth-order valence-electron chi connectivity index (χ4n) is 1.01. The van der Waals surface area contributed by atoms with E-state index >= 15 is 0 Å². The first-order valence-electron chi connectivity index (χ1n) is 3.56. The van der Waals surface area contributed by atoms with Crippen LogP contribution in [0.2, 0.25) is 0 Å². The van der Waals surface area contributed by atoms with Crippen molar-refractivity contribution in [1.82, 2.24) is 0 Å². The SMILES string of the molecule is COC(C(=O)S)c1ccccc1. The summed E-state index contributed by atoms with van der Waals surface area (Å²) in [5, 5.41) is -0.274. The second-order valence-electron chi connectivity index (χ2n) is 2.36. The van der Waals surface area contributed by atoms with E-state index < -0.39 is 6.10 Å². The Morgan fingerprint density at radius 3 is 2.42 bits per heavy atom. The number of carbonyl (C=O) groups excluding carboxylic acids is 1. The summed E-state index contributed by atoms with van der Waals surface area (Å²) in [7, 11) is 1.49. The summed E-state index contributed by atoms with van der Waals surface area (Å²) in [6.07, 6.45) is -0.547. The van der Waals surface area contributed by atoms with Crippen LogP contribution < -0.4 is 0 Å². The van der Waals surface area contributed by atoms with Gasteiger partial charge in [0.05, 0.1) is 0 Å². The van der Waals surface area contributed by atoms with Crippen LogP contribution in [0.1, 0.15) is 11.7 Å². The molecule has 0 fully saturated rings. The van der Waals surface area contributed by atoms with Gasteiger partial charge in [0, 0.05) is 7.11 Å². The fraction of sp³-hybridized carbons (Fsp3) is 0.222. The lowest BCUT2D eigenvalue weighted by atomic mass is 10.1. The van der Waals surface area contributed by atoms with E-state index in [2.05, 4.69) is 12.6 Å². The molecule has 0 spiro atoms. The number of rotatable bonds is 3. The molecule has 1 rings (SSSR count). The molecule has 0 amide bonds. The highest BCUT2D eigenvalue weighted by atomic mass is 32.1. The second kappa shape index (κ2) is 4.28. The van der Waals surface area contributed by atoms with E-state index in [1.165, 1.54) is 7.11 Å². The number of benzene rings is 1. The van der Waals surface area contributed by atoms with Crippen LogP contribution >= 0.6 is 12.6 Å². The quantitative estimate of drug-likeness (QED) is 0.722. The molecule has 0 aromatic heterocycles. The first-order chi connectivity index (χ1) is 5.75. The second-order valence-corrected chi connectivity index (χ2v) is 2.81. The van der Waals surface area contributed by atoms with E-state index in [9.17, 15) is 4.79 Å². The highest BCUT2D eigenvalue weighted by Gasteiger charge is 2.15. The van der Waals surface area contributed by atoms with E-state index in [0.29, 0.717) is 0 Å². The Kier molecular flexibility index (Phi) is 3.31. The third-order valence-corrected chi connectivity index (χ3v) is 1.80. The van der Waals surface area contributed by atoms with Crippen LogP contribution in [-0.4, -0.2) is 12.2 Å². The zero-order valence-electron chi connectivity index (χ0n) is 6.73. The normalized spacial score (nSPS) is 12.5. The Labute approximate surface area is 77.0 Å². The molecule has 12 heavy (non-hydrogen) atoms. The van der Waals surface area contributed by atoms with Gasteiger partial charge in [0.1, 0.15) is 0 Å². The molecule has 64 valence electrons. The molecule has 1 unspecified atom stereocenters. The monoisotopic (exact) mass is 182 g/mol. The van der Waals surface area contributed by atoms with Gasteiger partial charge in [-0.15, -0.1) is 12.6 Å². The van der Waals surface area contributed by atoms with Crippen LogP contribution in [0.5, 0.6) is 0 Å². The molecule has 0 N–H and O–H groups in total. The lowest BCUT2D eigenvalue weighted by Crippen LogP contribution is -2.08. The van der Waals surface area contributed by atoms with Crippen molar-refractivity contribution in [2.24, 2.45) is 0 Å². The molecule has 0 aliphatic rings. The van der Waals surface area contributed by atoms with E-state index in [1.54, 1.807) is 0 Å². The maximum Gasteiger partial charge on any atom is 0.219 e. The van der Waals surface area contributed by atoms with Crippen molar-refractivity contribution in [2.75, 3.05) is 7.11 Å². The Morgan fingerprint density at radius 1 is 1.42 bits per heavy atom. The van der Waals surface area contributed by atoms with Crippen molar-refractivity contribution in [3.8, 4) is 0 Å².